The van der Waals surface area contributed by atoms with Crippen molar-refractivity contribution in [2.24, 2.45) is 4.99 Å². The number of rotatable bonds is 10. The van der Waals surface area contributed by atoms with Crippen LogP contribution >= 0.6 is 0 Å². The summed E-state index contributed by atoms with van der Waals surface area (Å²) in [6.07, 6.45) is 10.0. The Morgan fingerprint density at radius 1 is 1.32 bits per heavy atom. The fraction of sp³-hybridized carbons (Fsp3) is 0.765. The highest BCUT2D eigenvalue weighted by atomic mass is 15.3. The van der Waals surface area contributed by atoms with Gasteiger partial charge in [0.25, 0.3) is 0 Å². The first kappa shape index (κ1) is 18.5. The van der Waals surface area contributed by atoms with Crippen LogP contribution in [-0.2, 0) is 6.54 Å². The van der Waals surface area contributed by atoms with E-state index in [1.807, 2.05) is 10.9 Å². The Balaban J connectivity index is 2.31. The molecular formula is C17H33N5. The predicted octanol–water partition coefficient (Wildman–Crippen LogP) is 3.11. The van der Waals surface area contributed by atoms with Gasteiger partial charge in [0.1, 0.15) is 0 Å². The molecule has 0 spiro atoms. The molecule has 0 saturated carbocycles. The number of aromatic nitrogens is 2. The molecule has 1 aromatic heterocycles. The molecule has 5 nitrogen and oxygen atoms in total. The molecule has 1 atom stereocenters. The van der Waals surface area contributed by atoms with Crippen LogP contribution in [0.3, 0.4) is 0 Å². The summed E-state index contributed by atoms with van der Waals surface area (Å²) in [7, 11) is 0. The predicted molar refractivity (Wildman–Crippen MR) is 94.3 cm³/mol. The molecule has 0 bridgehead atoms. The first-order valence-corrected chi connectivity index (χ1v) is 8.69. The minimum Gasteiger partial charge on any atom is -0.357 e. The second kappa shape index (κ2) is 11.1. The zero-order valence-electron chi connectivity index (χ0n) is 14.7. The molecule has 1 rings (SSSR count). The Bertz CT molecular complexity index is 424. The number of unbranched alkanes of at least 4 members (excludes halogenated alkanes) is 2. The van der Waals surface area contributed by atoms with E-state index in [0.717, 1.165) is 32.0 Å². The second-order valence-electron chi connectivity index (χ2n) is 5.94. The summed E-state index contributed by atoms with van der Waals surface area (Å²) in [5.41, 5.74) is 1.21. The average Bonchev–Trinajstić information content (AvgIpc) is 2.89. The van der Waals surface area contributed by atoms with Gasteiger partial charge in [-0.2, -0.15) is 5.10 Å². The first-order valence-electron chi connectivity index (χ1n) is 8.69. The third-order valence-corrected chi connectivity index (χ3v) is 3.55. The van der Waals surface area contributed by atoms with E-state index < -0.39 is 0 Å². The van der Waals surface area contributed by atoms with Crippen molar-refractivity contribution in [3.63, 3.8) is 0 Å². The maximum atomic E-state index is 4.66. The summed E-state index contributed by atoms with van der Waals surface area (Å²) in [6.45, 7) is 11.3. The van der Waals surface area contributed by atoms with E-state index in [-0.39, 0.29) is 0 Å². The molecule has 0 aliphatic heterocycles. The van der Waals surface area contributed by atoms with Crippen molar-refractivity contribution in [3.8, 4) is 0 Å². The third-order valence-electron chi connectivity index (χ3n) is 3.55. The topological polar surface area (TPSA) is 54.2 Å². The Labute approximate surface area is 135 Å². The lowest BCUT2D eigenvalue weighted by atomic mass is 10.1. The molecule has 22 heavy (non-hydrogen) atoms. The highest BCUT2D eigenvalue weighted by Gasteiger charge is 2.04. The molecule has 1 aromatic rings. The molecule has 0 aliphatic rings. The maximum absolute atomic E-state index is 4.66. The summed E-state index contributed by atoms with van der Waals surface area (Å²) in [4.78, 5) is 4.66. The average molecular weight is 307 g/mol. The Hall–Kier alpha value is -1.52. The van der Waals surface area contributed by atoms with Crippen LogP contribution < -0.4 is 10.6 Å². The van der Waals surface area contributed by atoms with E-state index in [1.165, 1.54) is 31.2 Å². The van der Waals surface area contributed by atoms with Crippen LogP contribution in [0.4, 0.5) is 0 Å². The van der Waals surface area contributed by atoms with Gasteiger partial charge in [0.15, 0.2) is 5.96 Å². The minimum absolute atomic E-state index is 0.470. The number of hydrogen-bond acceptors (Lipinski definition) is 2. The van der Waals surface area contributed by atoms with Crippen molar-refractivity contribution < 1.29 is 0 Å². The fourth-order valence-electron chi connectivity index (χ4n) is 2.34. The highest BCUT2D eigenvalue weighted by molar-refractivity contribution is 5.79. The Morgan fingerprint density at radius 3 is 2.77 bits per heavy atom. The molecule has 0 radical (unpaired) electrons. The molecule has 2 N–H and O–H groups in total. The van der Waals surface area contributed by atoms with Crippen molar-refractivity contribution in [1.82, 2.24) is 20.4 Å². The van der Waals surface area contributed by atoms with Crippen LogP contribution in [0, 0.1) is 6.92 Å². The Kier molecular flexibility index (Phi) is 9.35. The van der Waals surface area contributed by atoms with E-state index in [2.05, 4.69) is 54.6 Å². The third kappa shape index (κ3) is 8.05. The Morgan fingerprint density at radius 2 is 2.14 bits per heavy atom. The smallest absolute Gasteiger partial charge is 0.191 e. The molecule has 1 heterocycles. The first-order chi connectivity index (χ1) is 10.7. The molecule has 0 aliphatic carbocycles. The maximum Gasteiger partial charge on any atom is 0.191 e. The lowest BCUT2D eigenvalue weighted by Crippen LogP contribution is -2.42. The van der Waals surface area contributed by atoms with Crippen LogP contribution in [0.15, 0.2) is 17.4 Å². The highest BCUT2D eigenvalue weighted by Crippen LogP contribution is 2.02. The molecule has 126 valence electrons. The summed E-state index contributed by atoms with van der Waals surface area (Å²) >= 11 is 0. The van der Waals surface area contributed by atoms with Crippen molar-refractivity contribution in [2.75, 3.05) is 13.1 Å². The molecule has 0 saturated heterocycles. The van der Waals surface area contributed by atoms with Crippen molar-refractivity contribution in [2.45, 2.75) is 72.4 Å². The van der Waals surface area contributed by atoms with Crippen LogP contribution in [0.5, 0.6) is 0 Å². The fourth-order valence-corrected chi connectivity index (χ4v) is 2.34. The number of hydrogen-bond donors (Lipinski definition) is 2. The number of guanidine groups is 1. The molecule has 5 heteroatoms. The van der Waals surface area contributed by atoms with Crippen LogP contribution in [0.2, 0.25) is 0 Å². The van der Waals surface area contributed by atoms with E-state index in [1.54, 1.807) is 0 Å². The standard InChI is InChI=1S/C17H33N5/c1-5-7-8-10-16(4)21-17(18-6-2)19-11-9-12-22-14-15(3)13-20-22/h13-14,16H,5-12H2,1-4H3,(H2,18,19,21). The largest absolute Gasteiger partial charge is 0.357 e. The van der Waals surface area contributed by atoms with Gasteiger partial charge >= 0.3 is 0 Å². The van der Waals surface area contributed by atoms with Gasteiger partial charge in [0.2, 0.25) is 0 Å². The molecule has 0 aromatic carbocycles. The summed E-state index contributed by atoms with van der Waals surface area (Å²) in [5, 5.41) is 11.1. The van der Waals surface area contributed by atoms with Gasteiger partial charge in [0, 0.05) is 31.9 Å². The molecule has 0 amide bonds. The van der Waals surface area contributed by atoms with Crippen LogP contribution in [-0.4, -0.2) is 34.9 Å². The number of aliphatic imine (C=N–C) groups is 1. The van der Waals surface area contributed by atoms with E-state index in [0.29, 0.717) is 6.04 Å². The van der Waals surface area contributed by atoms with Crippen LogP contribution in [0.1, 0.15) is 58.4 Å². The van der Waals surface area contributed by atoms with Gasteiger partial charge in [-0.3, -0.25) is 9.67 Å². The van der Waals surface area contributed by atoms with Gasteiger partial charge in [-0.15, -0.1) is 0 Å². The molecule has 1 unspecified atom stereocenters. The SMILES string of the molecule is CCCCCC(C)NC(=NCCCn1cc(C)cn1)NCC. The zero-order chi connectivity index (χ0) is 16.2. The zero-order valence-corrected chi connectivity index (χ0v) is 14.7. The van der Waals surface area contributed by atoms with Crippen molar-refractivity contribution >= 4 is 5.96 Å². The number of nitrogens with one attached hydrogen (secondary N) is 2. The van der Waals surface area contributed by atoms with Crippen molar-refractivity contribution in [1.29, 1.82) is 0 Å². The van der Waals surface area contributed by atoms with Gasteiger partial charge in [0.05, 0.1) is 6.20 Å². The van der Waals surface area contributed by atoms with Crippen LogP contribution in [0.25, 0.3) is 0 Å². The molecular weight excluding hydrogens is 274 g/mol. The van der Waals surface area contributed by atoms with Gasteiger partial charge in [-0.25, -0.2) is 0 Å². The van der Waals surface area contributed by atoms with Gasteiger partial charge in [-0.1, -0.05) is 26.2 Å². The second-order valence-corrected chi connectivity index (χ2v) is 5.94. The van der Waals surface area contributed by atoms with Crippen molar-refractivity contribution in [3.05, 3.63) is 18.0 Å². The monoisotopic (exact) mass is 307 g/mol. The summed E-state index contributed by atoms with van der Waals surface area (Å²) in [6, 6.07) is 0.470. The molecule has 0 fully saturated rings. The number of aryl methyl sites for hydroxylation is 2. The number of nitrogens with zero attached hydrogens (tertiary/aromatic N) is 3. The van der Waals surface area contributed by atoms with Gasteiger partial charge < -0.3 is 10.6 Å². The summed E-state index contributed by atoms with van der Waals surface area (Å²) < 4.78 is 1.98. The van der Waals surface area contributed by atoms with E-state index >= 15 is 0 Å². The summed E-state index contributed by atoms with van der Waals surface area (Å²) in [5.74, 6) is 0.933. The minimum atomic E-state index is 0.470. The van der Waals surface area contributed by atoms with Gasteiger partial charge in [-0.05, 0) is 39.2 Å². The quantitative estimate of drug-likeness (QED) is 0.397. The normalized spacial score (nSPS) is 13.2. The van der Waals surface area contributed by atoms with E-state index in [9.17, 15) is 0 Å². The lowest BCUT2D eigenvalue weighted by molar-refractivity contribution is 0.544. The lowest BCUT2D eigenvalue weighted by Gasteiger charge is -2.17. The van der Waals surface area contributed by atoms with E-state index in [4.69, 9.17) is 0 Å².